The summed E-state index contributed by atoms with van der Waals surface area (Å²) in [5.74, 6) is 1.03. The van der Waals surface area contributed by atoms with E-state index < -0.39 is 0 Å². The molecule has 1 fully saturated rings. The molecule has 1 aliphatic heterocycles. The third-order valence-corrected chi connectivity index (χ3v) is 7.65. The second-order valence-corrected chi connectivity index (χ2v) is 10.1. The monoisotopic (exact) mass is 487 g/mol. The Kier molecular flexibility index (Phi) is 6.40. The number of rotatable bonds is 5. The van der Waals surface area contributed by atoms with E-state index in [2.05, 4.69) is 28.9 Å². The van der Waals surface area contributed by atoms with Gasteiger partial charge in [-0.15, -0.1) is 11.3 Å². The molecular weight excluding hydrogens is 458 g/mol. The van der Waals surface area contributed by atoms with Crippen molar-refractivity contribution >= 4 is 39.0 Å². The highest BCUT2D eigenvalue weighted by atomic mass is 32.1. The highest BCUT2D eigenvalue weighted by molar-refractivity contribution is 7.18. The first-order chi connectivity index (χ1) is 16.9. The van der Waals surface area contributed by atoms with Gasteiger partial charge < -0.3 is 20.3 Å². The van der Waals surface area contributed by atoms with Crippen LogP contribution in [-0.4, -0.2) is 54.1 Å². The Labute approximate surface area is 209 Å². The number of ether oxygens (including phenoxy) is 1. The fraction of sp³-hybridized carbons (Fsp3) is 0.296. The van der Waals surface area contributed by atoms with Crippen LogP contribution in [0.25, 0.3) is 21.6 Å². The van der Waals surface area contributed by atoms with Crippen LogP contribution in [0.2, 0.25) is 0 Å². The molecule has 0 radical (unpaired) electrons. The summed E-state index contributed by atoms with van der Waals surface area (Å²) in [5, 5.41) is 0.932. The minimum atomic E-state index is -0.0336. The minimum absolute atomic E-state index is 0.0336. The Morgan fingerprint density at radius 1 is 1.09 bits per heavy atom. The van der Waals surface area contributed by atoms with Gasteiger partial charge in [-0.2, -0.15) is 0 Å². The lowest BCUT2D eigenvalue weighted by molar-refractivity contribution is 0.0785. The maximum absolute atomic E-state index is 13.2. The Balaban J connectivity index is 1.34. The van der Waals surface area contributed by atoms with Crippen LogP contribution in [0.5, 0.6) is 0 Å². The molecule has 180 valence electrons. The Morgan fingerprint density at radius 2 is 1.80 bits per heavy atom. The van der Waals surface area contributed by atoms with E-state index in [1.807, 2.05) is 50.4 Å². The van der Waals surface area contributed by atoms with Gasteiger partial charge in [0, 0.05) is 48.4 Å². The number of hydrogen-bond donors (Lipinski definition) is 1. The molecule has 3 heterocycles. The van der Waals surface area contributed by atoms with E-state index in [9.17, 15) is 4.79 Å². The molecule has 2 N–H and O–H groups in total. The van der Waals surface area contributed by atoms with Crippen LogP contribution in [0, 0.1) is 13.8 Å². The summed E-state index contributed by atoms with van der Waals surface area (Å²) in [6.45, 7) is 7.81. The number of aryl methyl sites for hydroxylation is 2. The van der Waals surface area contributed by atoms with Crippen molar-refractivity contribution in [1.29, 1.82) is 0 Å². The van der Waals surface area contributed by atoms with Gasteiger partial charge in [-0.25, -0.2) is 9.97 Å². The standard InChI is InChI=1S/C27H29N5O2S/c1-17-18(2)35-26-23(17)24(28)29-25(30-26)19-8-10-20(11-9-19)27(33)31(3)16-21-6-4-5-7-22(21)32-12-14-34-15-13-32/h4-11H,12-16H2,1-3H3,(H2,28,29,30). The average Bonchev–Trinajstić information content (AvgIpc) is 3.18. The Morgan fingerprint density at radius 3 is 2.54 bits per heavy atom. The molecule has 1 amide bonds. The molecule has 0 aliphatic carbocycles. The van der Waals surface area contributed by atoms with Gasteiger partial charge in [0.25, 0.3) is 5.91 Å². The van der Waals surface area contributed by atoms with E-state index in [1.165, 1.54) is 4.88 Å². The first kappa shape index (κ1) is 23.3. The van der Waals surface area contributed by atoms with Crippen LogP contribution in [0.4, 0.5) is 11.5 Å². The van der Waals surface area contributed by atoms with E-state index in [0.29, 0.717) is 23.8 Å². The van der Waals surface area contributed by atoms with E-state index in [1.54, 1.807) is 16.2 Å². The third-order valence-electron chi connectivity index (χ3n) is 6.54. The molecule has 7 nitrogen and oxygen atoms in total. The molecule has 4 aromatic rings. The summed E-state index contributed by atoms with van der Waals surface area (Å²) in [7, 11) is 1.84. The van der Waals surface area contributed by atoms with Crippen LogP contribution in [0.3, 0.4) is 0 Å². The quantitative estimate of drug-likeness (QED) is 0.441. The lowest BCUT2D eigenvalue weighted by Crippen LogP contribution is -2.37. The summed E-state index contributed by atoms with van der Waals surface area (Å²) < 4.78 is 5.49. The first-order valence-corrected chi connectivity index (χ1v) is 12.5. The molecule has 0 saturated carbocycles. The number of nitrogens with two attached hydrogens (primary N) is 1. The molecule has 35 heavy (non-hydrogen) atoms. The van der Waals surface area contributed by atoms with Gasteiger partial charge in [-0.1, -0.05) is 30.3 Å². The molecule has 8 heteroatoms. The summed E-state index contributed by atoms with van der Waals surface area (Å²) >= 11 is 1.62. The topological polar surface area (TPSA) is 84.6 Å². The Hall–Kier alpha value is -3.49. The number of carbonyl (C=O) groups is 1. The SMILES string of the molecule is Cc1sc2nc(-c3ccc(C(=O)N(C)Cc4ccccc4N4CCOCC4)cc3)nc(N)c2c1C. The Bertz CT molecular complexity index is 1380. The van der Waals surface area contributed by atoms with E-state index in [4.69, 9.17) is 15.5 Å². The summed E-state index contributed by atoms with van der Waals surface area (Å²) in [6.07, 6.45) is 0. The number of amides is 1. The summed E-state index contributed by atoms with van der Waals surface area (Å²) in [6, 6.07) is 15.7. The number of para-hydroxylation sites is 1. The molecule has 0 spiro atoms. The number of nitrogens with zero attached hydrogens (tertiary/aromatic N) is 4. The number of aromatic nitrogens is 2. The van der Waals surface area contributed by atoms with Crippen molar-refractivity contribution in [1.82, 2.24) is 14.9 Å². The predicted octanol–water partition coefficient (Wildman–Crippen LogP) is 4.67. The van der Waals surface area contributed by atoms with Crippen LogP contribution in [0.15, 0.2) is 48.5 Å². The van der Waals surface area contributed by atoms with Gasteiger partial charge in [-0.3, -0.25) is 4.79 Å². The smallest absolute Gasteiger partial charge is 0.253 e. The van der Waals surface area contributed by atoms with Crippen LogP contribution < -0.4 is 10.6 Å². The van der Waals surface area contributed by atoms with Crippen molar-refractivity contribution in [2.24, 2.45) is 0 Å². The lowest BCUT2D eigenvalue weighted by Gasteiger charge is -2.31. The summed E-state index contributed by atoms with van der Waals surface area (Å²) in [4.78, 5) is 28.6. The third kappa shape index (κ3) is 4.59. The van der Waals surface area contributed by atoms with Gasteiger partial charge in [0.15, 0.2) is 5.82 Å². The molecule has 2 aromatic heterocycles. The highest BCUT2D eigenvalue weighted by Gasteiger charge is 2.19. The number of benzene rings is 2. The second-order valence-electron chi connectivity index (χ2n) is 8.86. The van der Waals surface area contributed by atoms with E-state index in [0.717, 1.165) is 58.9 Å². The maximum Gasteiger partial charge on any atom is 0.253 e. The number of nitrogen functional groups attached to an aromatic ring is 1. The van der Waals surface area contributed by atoms with Crippen molar-refractivity contribution in [3.63, 3.8) is 0 Å². The molecule has 0 atom stereocenters. The van der Waals surface area contributed by atoms with E-state index >= 15 is 0 Å². The van der Waals surface area contributed by atoms with Crippen LogP contribution in [-0.2, 0) is 11.3 Å². The zero-order valence-electron chi connectivity index (χ0n) is 20.2. The van der Waals surface area contributed by atoms with Crippen molar-refractivity contribution in [3.8, 4) is 11.4 Å². The van der Waals surface area contributed by atoms with Crippen LogP contribution in [0.1, 0.15) is 26.4 Å². The van der Waals surface area contributed by atoms with Gasteiger partial charge in [-0.05, 0) is 43.2 Å². The average molecular weight is 488 g/mol. The van der Waals surface area contributed by atoms with Crippen molar-refractivity contribution in [2.75, 3.05) is 44.0 Å². The predicted molar refractivity (Wildman–Crippen MR) is 142 cm³/mol. The minimum Gasteiger partial charge on any atom is -0.383 e. The molecule has 2 aromatic carbocycles. The normalized spacial score (nSPS) is 13.9. The fourth-order valence-electron chi connectivity index (χ4n) is 4.48. The zero-order valence-corrected chi connectivity index (χ0v) is 21.1. The number of anilines is 2. The van der Waals surface area contributed by atoms with Gasteiger partial charge in [0.1, 0.15) is 10.6 Å². The van der Waals surface area contributed by atoms with Crippen molar-refractivity contribution in [3.05, 3.63) is 70.1 Å². The maximum atomic E-state index is 13.2. The summed E-state index contributed by atoms with van der Waals surface area (Å²) in [5.41, 5.74) is 11.1. The highest BCUT2D eigenvalue weighted by Crippen LogP contribution is 2.33. The number of carbonyl (C=O) groups excluding carboxylic acids is 1. The molecule has 1 saturated heterocycles. The molecule has 0 unspecified atom stereocenters. The van der Waals surface area contributed by atoms with Gasteiger partial charge in [0.2, 0.25) is 0 Å². The molecule has 0 bridgehead atoms. The number of hydrogen-bond acceptors (Lipinski definition) is 7. The second kappa shape index (κ2) is 9.64. The van der Waals surface area contributed by atoms with Gasteiger partial charge >= 0.3 is 0 Å². The number of fused-ring (bicyclic) bond motifs is 1. The largest absolute Gasteiger partial charge is 0.383 e. The molecule has 1 aliphatic rings. The fourth-order valence-corrected chi connectivity index (χ4v) is 5.51. The van der Waals surface area contributed by atoms with Crippen molar-refractivity contribution < 1.29 is 9.53 Å². The van der Waals surface area contributed by atoms with E-state index in [-0.39, 0.29) is 5.91 Å². The van der Waals surface area contributed by atoms with Crippen molar-refractivity contribution in [2.45, 2.75) is 20.4 Å². The molecular formula is C27H29N5O2S. The zero-order chi connectivity index (χ0) is 24.5. The van der Waals surface area contributed by atoms with Crippen LogP contribution >= 0.6 is 11.3 Å². The lowest BCUT2D eigenvalue weighted by atomic mass is 10.1. The molecule has 5 rings (SSSR count). The van der Waals surface area contributed by atoms with Gasteiger partial charge in [0.05, 0.1) is 18.6 Å². The number of thiophene rings is 1. The first-order valence-electron chi connectivity index (χ1n) is 11.7. The number of morpholine rings is 1.